The lowest BCUT2D eigenvalue weighted by Crippen LogP contribution is -2.43. The quantitative estimate of drug-likeness (QED) is 0.923. The van der Waals surface area contributed by atoms with Crippen LogP contribution in [-0.2, 0) is 6.54 Å². The van der Waals surface area contributed by atoms with Crippen LogP contribution in [0.1, 0.15) is 5.69 Å². The Morgan fingerprint density at radius 3 is 2.62 bits per heavy atom. The summed E-state index contributed by atoms with van der Waals surface area (Å²) in [4.78, 5) is 2.39. The number of aromatic nitrogens is 2. The number of rotatable bonds is 4. The number of nitrogens with zero attached hydrogens (tertiary/aromatic N) is 3. The van der Waals surface area contributed by atoms with Gasteiger partial charge in [0, 0.05) is 38.3 Å². The molecule has 1 fully saturated rings. The first-order valence-electron chi connectivity index (χ1n) is 7.26. The van der Waals surface area contributed by atoms with Crippen LogP contribution in [0.3, 0.4) is 0 Å². The van der Waals surface area contributed by atoms with E-state index in [4.69, 9.17) is 4.74 Å². The molecule has 0 atom stereocenters. The number of para-hydroxylation sites is 1. The zero-order valence-corrected chi connectivity index (χ0v) is 12.2. The molecule has 2 aromatic rings. The van der Waals surface area contributed by atoms with E-state index in [1.165, 1.54) is 0 Å². The van der Waals surface area contributed by atoms with Crippen molar-refractivity contribution in [3.05, 3.63) is 42.1 Å². The van der Waals surface area contributed by atoms with Crippen molar-refractivity contribution in [3.8, 4) is 17.0 Å². The fraction of sp³-hybridized carbons (Fsp3) is 0.375. The van der Waals surface area contributed by atoms with E-state index in [-0.39, 0.29) is 0 Å². The van der Waals surface area contributed by atoms with Gasteiger partial charge in [-0.3, -0.25) is 4.90 Å². The standard InChI is InChI=1S/C16H20N4O/c1-21-16-5-3-2-4-14(16)15-7-6-13(18-19-15)12-20-10-8-17-9-11-20/h2-7,17H,8-12H2,1H3. The van der Waals surface area contributed by atoms with Gasteiger partial charge in [-0.1, -0.05) is 12.1 Å². The SMILES string of the molecule is COc1ccccc1-c1ccc(CN2CCNCC2)nn1. The smallest absolute Gasteiger partial charge is 0.128 e. The van der Waals surface area contributed by atoms with E-state index in [1.807, 2.05) is 30.3 Å². The van der Waals surface area contributed by atoms with E-state index in [1.54, 1.807) is 7.11 Å². The van der Waals surface area contributed by atoms with Crippen LogP contribution < -0.4 is 10.1 Å². The minimum absolute atomic E-state index is 0.821. The molecule has 0 aliphatic carbocycles. The van der Waals surface area contributed by atoms with Gasteiger partial charge in [0.25, 0.3) is 0 Å². The molecule has 0 radical (unpaired) electrons. The van der Waals surface area contributed by atoms with E-state index < -0.39 is 0 Å². The number of hydrogen-bond donors (Lipinski definition) is 1. The molecule has 0 spiro atoms. The summed E-state index contributed by atoms with van der Waals surface area (Å²) < 4.78 is 5.37. The molecule has 5 heteroatoms. The van der Waals surface area contributed by atoms with Crippen molar-refractivity contribution in [1.29, 1.82) is 0 Å². The van der Waals surface area contributed by atoms with Gasteiger partial charge in [-0.05, 0) is 24.3 Å². The Morgan fingerprint density at radius 2 is 1.90 bits per heavy atom. The summed E-state index contributed by atoms with van der Waals surface area (Å²) in [7, 11) is 1.67. The van der Waals surface area contributed by atoms with Gasteiger partial charge in [0.15, 0.2) is 0 Å². The summed E-state index contributed by atoms with van der Waals surface area (Å²) in [6.45, 7) is 5.09. The van der Waals surface area contributed by atoms with E-state index >= 15 is 0 Å². The summed E-state index contributed by atoms with van der Waals surface area (Å²) in [5.74, 6) is 0.821. The average molecular weight is 284 g/mol. The molecule has 0 saturated carbocycles. The average Bonchev–Trinajstić information content (AvgIpc) is 2.56. The molecule has 0 unspecified atom stereocenters. The highest BCUT2D eigenvalue weighted by Crippen LogP contribution is 2.27. The molecule has 1 N–H and O–H groups in total. The van der Waals surface area contributed by atoms with Gasteiger partial charge in [-0.25, -0.2) is 0 Å². The van der Waals surface area contributed by atoms with E-state index in [9.17, 15) is 0 Å². The summed E-state index contributed by atoms with van der Waals surface area (Å²) in [5.41, 5.74) is 2.83. The normalized spacial score (nSPS) is 15.9. The monoisotopic (exact) mass is 284 g/mol. The first-order chi connectivity index (χ1) is 10.4. The Hall–Kier alpha value is -1.98. The second-order valence-electron chi connectivity index (χ2n) is 5.14. The predicted octanol–water partition coefficient (Wildman–Crippen LogP) is 1.56. The summed E-state index contributed by atoms with van der Waals surface area (Å²) in [6.07, 6.45) is 0. The van der Waals surface area contributed by atoms with Crippen LogP contribution in [-0.4, -0.2) is 48.4 Å². The molecule has 1 saturated heterocycles. The fourth-order valence-corrected chi connectivity index (χ4v) is 2.54. The molecule has 5 nitrogen and oxygen atoms in total. The molecule has 0 amide bonds. The maximum Gasteiger partial charge on any atom is 0.128 e. The zero-order chi connectivity index (χ0) is 14.5. The molecular formula is C16H20N4O. The van der Waals surface area contributed by atoms with Gasteiger partial charge >= 0.3 is 0 Å². The highest BCUT2D eigenvalue weighted by Gasteiger charge is 2.12. The third-order valence-electron chi connectivity index (χ3n) is 3.70. The molecule has 0 bridgehead atoms. The molecule has 21 heavy (non-hydrogen) atoms. The number of methoxy groups -OCH3 is 1. The van der Waals surface area contributed by atoms with E-state index in [0.29, 0.717) is 0 Å². The van der Waals surface area contributed by atoms with Crippen LogP contribution in [0.2, 0.25) is 0 Å². The fourth-order valence-electron chi connectivity index (χ4n) is 2.54. The van der Waals surface area contributed by atoms with Crippen molar-refractivity contribution in [2.45, 2.75) is 6.54 Å². The van der Waals surface area contributed by atoms with Crippen LogP contribution in [0.25, 0.3) is 11.3 Å². The summed E-state index contributed by atoms with van der Waals surface area (Å²) in [5, 5.41) is 12.1. The van der Waals surface area contributed by atoms with Crippen molar-refractivity contribution in [1.82, 2.24) is 20.4 Å². The third kappa shape index (κ3) is 3.37. The summed E-state index contributed by atoms with van der Waals surface area (Å²) in [6, 6.07) is 11.9. The molecule has 110 valence electrons. The Balaban J connectivity index is 1.74. The number of piperazine rings is 1. The van der Waals surface area contributed by atoms with Crippen molar-refractivity contribution in [2.24, 2.45) is 0 Å². The lowest BCUT2D eigenvalue weighted by molar-refractivity contribution is 0.230. The number of hydrogen-bond acceptors (Lipinski definition) is 5. The van der Waals surface area contributed by atoms with Gasteiger partial charge in [0.1, 0.15) is 5.75 Å². The second-order valence-corrected chi connectivity index (χ2v) is 5.14. The lowest BCUT2D eigenvalue weighted by atomic mass is 10.1. The molecule has 1 aromatic carbocycles. The highest BCUT2D eigenvalue weighted by atomic mass is 16.5. The molecule has 1 aliphatic rings. The van der Waals surface area contributed by atoms with Crippen molar-refractivity contribution < 1.29 is 4.74 Å². The summed E-state index contributed by atoms with van der Waals surface area (Å²) >= 11 is 0. The molecule has 1 aliphatic heterocycles. The molecule has 2 heterocycles. The van der Waals surface area contributed by atoms with Gasteiger partial charge < -0.3 is 10.1 Å². The lowest BCUT2D eigenvalue weighted by Gasteiger charge is -2.26. The first-order valence-corrected chi connectivity index (χ1v) is 7.26. The Morgan fingerprint density at radius 1 is 1.10 bits per heavy atom. The Bertz CT molecular complexity index is 579. The van der Waals surface area contributed by atoms with Crippen molar-refractivity contribution in [3.63, 3.8) is 0 Å². The maximum atomic E-state index is 5.37. The van der Waals surface area contributed by atoms with Gasteiger partial charge in [0.2, 0.25) is 0 Å². The van der Waals surface area contributed by atoms with Gasteiger partial charge in [-0.2, -0.15) is 10.2 Å². The van der Waals surface area contributed by atoms with E-state index in [2.05, 4.69) is 26.5 Å². The molecule has 3 rings (SSSR count). The minimum Gasteiger partial charge on any atom is -0.496 e. The first kappa shape index (κ1) is 14.0. The predicted molar refractivity (Wildman–Crippen MR) is 82.2 cm³/mol. The third-order valence-corrected chi connectivity index (χ3v) is 3.70. The van der Waals surface area contributed by atoms with Gasteiger partial charge in [0.05, 0.1) is 18.5 Å². The topological polar surface area (TPSA) is 50.3 Å². The largest absolute Gasteiger partial charge is 0.496 e. The Kier molecular flexibility index (Phi) is 4.43. The molecular weight excluding hydrogens is 264 g/mol. The van der Waals surface area contributed by atoms with Crippen LogP contribution in [0.4, 0.5) is 0 Å². The number of nitrogens with one attached hydrogen (secondary N) is 1. The van der Waals surface area contributed by atoms with Crippen LogP contribution in [0, 0.1) is 0 Å². The van der Waals surface area contributed by atoms with Crippen LogP contribution >= 0.6 is 0 Å². The second kappa shape index (κ2) is 6.65. The zero-order valence-electron chi connectivity index (χ0n) is 12.2. The number of benzene rings is 1. The van der Waals surface area contributed by atoms with Crippen LogP contribution in [0.15, 0.2) is 36.4 Å². The number of ether oxygens (including phenoxy) is 1. The molecule has 1 aromatic heterocycles. The minimum atomic E-state index is 0.821. The highest BCUT2D eigenvalue weighted by molar-refractivity contribution is 5.66. The van der Waals surface area contributed by atoms with E-state index in [0.717, 1.165) is 55.4 Å². The van der Waals surface area contributed by atoms with Crippen LogP contribution in [0.5, 0.6) is 5.75 Å². The van der Waals surface area contributed by atoms with Gasteiger partial charge in [-0.15, -0.1) is 0 Å². The maximum absolute atomic E-state index is 5.37. The van der Waals surface area contributed by atoms with Crippen molar-refractivity contribution >= 4 is 0 Å². The Labute approximate surface area is 125 Å². The van der Waals surface area contributed by atoms with Crippen molar-refractivity contribution in [2.75, 3.05) is 33.3 Å².